The Kier molecular flexibility index (Phi) is 10.0. The van der Waals surface area contributed by atoms with Gasteiger partial charge in [-0.05, 0) is 43.0 Å². The van der Waals surface area contributed by atoms with Crippen molar-refractivity contribution in [3.05, 3.63) is 65.7 Å². The molecule has 24 heavy (non-hydrogen) atoms. The smallest absolute Gasteiger partial charge is 0.338 e. The average molecular weight is 328 g/mol. The zero-order valence-electron chi connectivity index (χ0n) is 14.7. The molecule has 0 saturated carbocycles. The van der Waals surface area contributed by atoms with E-state index in [1.807, 2.05) is 43.3 Å². The van der Waals surface area contributed by atoms with Gasteiger partial charge in [0.15, 0.2) is 0 Å². The van der Waals surface area contributed by atoms with Gasteiger partial charge in [-0.2, -0.15) is 0 Å². The van der Waals surface area contributed by atoms with Gasteiger partial charge < -0.3 is 9.84 Å². The molecule has 2 rings (SSSR count). The molecule has 0 aliphatic heterocycles. The third-order valence-corrected chi connectivity index (χ3v) is 3.49. The first kappa shape index (κ1) is 19.8. The number of hydrogen-bond acceptors (Lipinski definition) is 3. The minimum atomic E-state index is -0.238. The molecule has 0 heterocycles. The monoisotopic (exact) mass is 328 g/mol. The van der Waals surface area contributed by atoms with Gasteiger partial charge in [-0.15, -0.1) is 0 Å². The van der Waals surface area contributed by atoms with Crippen molar-refractivity contribution in [3.63, 3.8) is 0 Å². The summed E-state index contributed by atoms with van der Waals surface area (Å²) in [5.74, 6) is 0.200. The fourth-order valence-corrected chi connectivity index (χ4v) is 2.14. The number of benzene rings is 2. The molecule has 0 saturated heterocycles. The lowest BCUT2D eigenvalue weighted by Gasteiger charge is -2.02. The number of esters is 1. The highest BCUT2D eigenvalue weighted by molar-refractivity contribution is 5.89. The minimum absolute atomic E-state index is 0.238. The molecule has 0 bridgehead atoms. The SMILES string of the molecule is CCCCCc1ccccc1O.CCCOC(=O)c1ccccc1. The van der Waals surface area contributed by atoms with Gasteiger partial charge in [0.2, 0.25) is 0 Å². The third-order valence-electron chi connectivity index (χ3n) is 3.49. The molecule has 2 aromatic rings. The Labute approximate surface area is 145 Å². The highest BCUT2D eigenvalue weighted by Crippen LogP contribution is 2.17. The number of phenolic OH excluding ortho intramolecular Hbond substituents is 1. The molecule has 0 amide bonds. The van der Waals surface area contributed by atoms with E-state index in [0.29, 0.717) is 17.9 Å². The largest absolute Gasteiger partial charge is 0.508 e. The molecule has 0 atom stereocenters. The van der Waals surface area contributed by atoms with Gasteiger partial charge in [0.05, 0.1) is 12.2 Å². The molecular weight excluding hydrogens is 300 g/mol. The van der Waals surface area contributed by atoms with Crippen LogP contribution in [0.4, 0.5) is 0 Å². The standard InChI is InChI=1S/C11H16O.C10H12O2/c1-2-3-4-7-10-8-5-6-9-11(10)12;1-2-8-12-10(11)9-6-4-3-5-7-9/h5-6,8-9,12H,2-4,7H2,1H3;3-7H,2,8H2,1H3. The zero-order valence-corrected chi connectivity index (χ0v) is 14.7. The van der Waals surface area contributed by atoms with Crippen LogP contribution in [0.1, 0.15) is 55.5 Å². The number of unbranched alkanes of at least 4 members (excludes halogenated alkanes) is 2. The van der Waals surface area contributed by atoms with Crippen LogP contribution in [0.2, 0.25) is 0 Å². The number of aromatic hydroxyl groups is 1. The van der Waals surface area contributed by atoms with Gasteiger partial charge in [0.1, 0.15) is 5.75 Å². The van der Waals surface area contributed by atoms with Crippen LogP contribution in [0.15, 0.2) is 54.6 Å². The second-order valence-electron chi connectivity index (χ2n) is 5.59. The van der Waals surface area contributed by atoms with Crippen LogP contribution < -0.4 is 0 Å². The van der Waals surface area contributed by atoms with Crippen LogP contribution in [-0.4, -0.2) is 17.7 Å². The Morgan fingerprint density at radius 3 is 2.21 bits per heavy atom. The summed E-state index contributed by atoms with van der Waals surface area (Å²) in [7, 11) is 0. The van der Waals surface area contributed by atoms with Crippen molar-refractivity contribution < 1.29 is 14.6 Å². The highest BCUT2D eigenvalue weighted by Gasteiger charge is 2.03. The molecule has 0 aliphatic rings. The average Bonchev–Trinajstić information content (AvgIpc) is 2.63. The van der Waals surface area contributed by atoms with Gasteiger partial charge in [-0.25, -0.2) is 4.79 Å². The van der Waals surface area contributed by atoms with Crippen molar-refractivity contribution >= 4 is 5.97 Å². The van der Waals surface area contributed by atoms with Crippen LogP contribution in [0.3, 0.4) is 0 Å². The van der Waals surface area contributed by atoms with E-state index in [4.69, 9.17) is 4.74 Å². The summed E-state index contributed by atoms with van der Waals surface area (Å²) in [6.07, 6.45) is 5.51. The Bertz CT molecular complexity index is 579. The van der Waals surface area contributed by atoms with E-state index in [2.05, 4.69) is 6.92 Å². The Morgan fingerprint density at radius 1 is 0.917 bits per heavy atom. The maximum absolute atomic E-state index is 11.2. The second-order valence-corrected chi connectivity index (χ2v) is 5.59. The summed E-state index contributed by atoms with van der Waals surface area (Å²) < 4.78 is 4.94. The quantitative estimate of drug-likeness (QED) is 0.548. The molecule has 0 spiro atoms. The topological polar surface area (TPSA) is 46.5 Å². The lowest BCUT2D eigenvalue weighted by atomic mass is 10.1. The Hall–Kier alpha value is -2.29. The molecule has 0 unspecified atom stereocenters. The zero-order chi connectivity index (χ0) is 17.6. The first-order valence-electron chi connectivity index (χ1n) is 8.68. The molecule has 0 radical (unpaired) electrons. The van der Waals surface area contributed by atoms with Crippen LogP contribution >= 0.6 is 0 Å². The lowest BCUT2D eigenvalue weighted by molar-refractivity contribution is 0.0505. The molecule has 0 fully saturated rings. The van der Waals surface area contributed by atoms with Gasteiger partial charge in [-0.3, -0.25) is 0 Å². The predicted octanol–water partition coefficient (Wildman–Crippen LogP) is 5.38. The van der Waals surface area contributed by atoms with E-state index in [0.717, 1.165) is 18.4 Å². The summed E-state index contributed by atoms with van der Waals surface area (Å²) in [4.78, 5) is 11.2. The van der Waals surface area contributed by atoms with Crippen molar-refractivity contribution in [1.82, 2.24) is 0 Å². The van der Waals surface area contributed by atoms with E-state index < -0.39 is 0 Å². The van der Waals surface area contributed by atoms with E-state index in [9.17, 15) is 9.90 Å². The van der Waals surface area contributed by atoms with Gasteiger partial charge in [-0.1, -0.05) is 63.1 Å². The first-order valence-corrected chi connectivity index (χ1v) is 8.68. The van der Waals surface area contributed by atoms with Crippen LogP contribution in [0, 0.1) is 0 Å². The van der Waals surface area contributed by atoms with E-state index in [1.165, 1.54) is 19.3 Å². The van der Waals surface area contributed by atoms with Crippen molar-refractivity contribution in [2.24, 2.45) is 0 Å². The first-order chi connectivity index (χ1) is 11.7. The van der Waals surface area contributed by atoms with Crippen molar-refractivity contribution in [2.75, 3.05) is 6.61 Å². The van der Waals surface area contributed by atoms with E-state index in [1.54, 1.807) is 18.2 Å². The van der Waals surface area contributed by atoms with E-state index >= 15 is 0 Å². The number of aryl methyl sites for hydroxylation is 1. The van der Waals surface area contributed by atoms with Gasteiger partial charge in [0.25, 0.3) is 0 Å². The van der Waals surface area contributed by atoms with Crippen LogP contribution in [0.25, 0.3) is 0 Å². The molecular formula is C21H28O3. The molecule has 0 aromatic heterocycles. The molecule has 130 valence electrons. The summed E-state index contributed by atoms with van der Waals surface area (Å²) in [6, 6.07) is 16.6. The maximum atomic E-state index is 11.2. The van der Waals surface area contributed by atoms with Crippen LogP contribution in [-0.2, 0) is 11.2 Å². The van der Waals surface area contributed by atoms with Crippen molar-refractivity contribution in [3.8, 4) is 5.75 Å². The summed E-state index contributed by atoms with van der Waals surface area (Å²) in [5.41, 5.74) is 1.69. The van der Waals surface area contributed by atoms with E-state index in [-0.39, 0.29) is 5.97 Å². The Morgan fingerprint density at radius 2 is 1.58 bits per heavy atom. The number of carbonyl (C=O) groups excluding carboxylic acids is 1. The number of para-hydroxylation sites is 1. The Balaban J connectivity index is 0.000000240. The predicted molar refractivity (Wildman–Crippen MR) is 98.4 cm³/mol. The number of ether oxygens (including phenoxy) is 1. The lowest BCUT2D eigenvalue weighted by Crippen LogP contribution is -2.05. The maximum Gasteiger partial charge on any atom is 0.338 e. The molecule has 2 aromatic carbocycles. The fraction of sp³-hybridized carbons (Fsp3) is 0.381. The molecule has 3 heteroatoms. The summed E-state index contributed by atoms with van der Waals surface area (Å²) >= 11 is 0. The van der Waals surface area contributed by atoms with Crippen LogP contribution in [0.5, 0.6) is 5.75 Å². The molecule has 0 aliphatic carbocycles. The number of carbonyl (C=O) groups is 1. The minimum Gasteiger partial charge on any atom is -0.508 e. The number of rotatable bonds is 7. The van der Waals surface area contributed by atoms with Crippen molar-refractivity contribution in [2.45, 2.75) is 46.0 Å². The second kappa shape index (κ2) is 12.2. The molecule has 1 N–H and O–H groups in total. The molecule has 3 nitrogen and oxygen atoms in total. The van der Waals surface area contributed by atoms with Crippen molar-refractivity contribution in [1.29, 1.82) is 0 Å². The highest BCUT2D eigenvalue weighted by atomic mass is 16.5. The fourth-order valence-electron chi connectivity index (χ4n) is 2.14. The van der Waals surface area contributed by atoms with Gasteiger partial charge >= 0.3 is 5.97 Å². The summed E-state index contributed by atoms with van der Waals surface area (Å²) in [5, 5.41) is 9.41. The number of phenols is 1. The number of hydrogen-bond donors (Lipinski definition) is 1. The third kappa shape index (κ3) is 7.82. The normalized spacial score (nSPS) is 9.75. The van der Waals surface area contributed by atoms with Gasteiger partial charge in [0, 0.05) is 0 Å². The summed E-state index contributed by atoms with van der Waals surface area (Å²) in [6.45, 7) is 4.65.